The number of amides is 1. The Hall–Kier alpha value is -1.55. The lowest BCUT2D eigenvalue weighted by Gasteiger charge is -2.20. The van der Waals surface area contributed by atoms with Gasteiger partial charge >= 0.3 is 0 Å². The summed E-state index contributed by atoms with van der Waals surface area (Å²) in [6.45, 7) is 1.38. The fraction of sp³-hybridized carbons (Fsp3) is 0.562. The molecule has 1 aliphatic heterocycles. The fourth-order valence-electron chi connectivity index (χ4n) is 2.93. The minimum atomic E-state index is -0.247. The van der Waals surface area contributed by atoms with Crippen LogP contribution in [0.1, 0.15) is 31.2 Å². The van der Waals surface area contributed by atoms with Crippen molar-refractivity contribution in [3.63, 3.8) is 0 Å². The SMILES string of the molecule is COc1ccccc1C1(CNC(=O)C2CCCO2)CC1. The molecule has 1 saturated carbocycles. The molecule has 0 radical (unpaired) electrons. The lowest BCUT2D eigenvalue weighted by Crippen LogP contribution is -2.38. The topological polar surface area (TPSA) is 47.6 Å². The molecule has 1 aromatic carbocycles. The van der Waals surface area contributed by atoms with Crippen LogP contribution in [0, 0.1) is 0 Å². The summed E-state index contributed by atoms with van der Waals surface area (Å²) in [6, 6.07) is 8.09. The van der Waals surface area contributed by atoms with E-state index in [0.717, 1.165) is 31.4 Å². The first kappa shape index (κ1) is 13.4. The van der Waals surface area contributed by atoms with E-state index in [2.05, 4.69) is 11.4 Å². The molecule has 108 valence electrons. The highest BCUT2D eigenvalue weighted by Crippen LogP contribution is 2.50. The van der Waals surface area contributed by atoms with Gasteiger partial charge in [0.15, 0.2) is 0 Å². The highest BCUT2D eigenvalue weighted by molar-refractivity contribution is 5.81. The predicted molar refractivity (Wildman–Crippen MR) is 75.9 cm³/mol. The van der Waals surface area contributed by atoms with Crippen LogP contribution in [-0.2, 0) is 14.9 Å². The summed E-state index contributed by atoms with van der Waals surface area (Å²) in [7, 11) is 1.69. The van der Waals surface area contributed by atoms with Crippen molar-refractivity contribution in [1.29, 1.82) is 0 Å². The quantitative estimate of drug-likeness (QED) is 0.894. The second kappa shape index (κ2) is 5.44. The summed E-state index contributed by atoms with van der Waals surface area (Å²) in [5.74, 6) is 0.944. The zero-order valence-electron chi connectivity index (χ0n) is 11.9. The number of nitrogens with one attached hydrogen (secondary N) is 1. The Bertz CT molecular complexity index is 490. The maximum atomic E-state index is 12.0. The van der Waals surface area contributed by atoms with Gasteiger partial charge in [-0.15, -0.1) is 0 Å². The molecule has 1 heterocycles. The van der Waals surface area contributed by atoms with Crippen molar-refractivity contribution in [2.24, 2.45) is 0 Å². The molecule has 0 bridgehead atoms. The van der Waals surface area contributed by atoms with E-state index < -0.39 is 0 Å². The van der Waals surface area contributed by atoms with Crippen molar-refractivity contribution in [2.45, 2.75) is 37.2 Å². The van der Waals surface area contributed by atoms with Gasteiger partial charge in [0.05, 0.1) is 7.11 Å². The molecule has 1 saturated heterocycles. The number of hydrogen-bond donors (Lipinski definition) is 1. The Morgan fingerprint density at radius 1 is 1.45 bits per heavy atom. The number of carbonyl (C=O) groups excluding carboxylic acids is 1. The molecule has 1 aromatic rings. The molecule has 1 aliphatic carbocycles. The number of carbonyl (C=O) groups is 1. The molecule has 1 unspecified atom stereocenters. The molecule has 0 aromatic heterocycles. The van der Waals surface area contributed by atoms with Crippen LogP contribution in [0.5, 0.6) is 5.75 Å². The van der Waals surface area contributed by atoms with Gasteiger partial charge in [0.1, 0.15) is 11.9 Å². The largest absolute Gasteiger partial charge is 0.496 e. The van der Waals surface area contributed by atoms with Crippen LogP contribution >= 0.6 is 0 Å². The second-order valence-electron chi connectivity index (χ2n) is 5.70. The first-order valence-corrected chi connectivity index (χ1v) is 7.28. The molecular weight excluding hydrogens is 254 g/mol. The summed E-state index contributed by atoms with van der Waals surface area (Å²) in [6.07, 6.45) is 3.77. The van der Waals surface area contributed by atoms with Gasteiger partial charge in [-0.1, -0.05) is 18.2 Å². The van der Waals surface area contributed by atoms with Crippen LogP contribution in [0.4, 0.5) is 0 Å². The first-order valence-electron chi connectivity index (χ1n) is 7.28. The van der Waals surface area contributed by atoms with Crippen molar-refractivity contribution >= 4 is 5.91 Å². The molecule has 3 rings (SSSR count). The summed E-state index contributed by atoms with van der Waals surface area (Å²) in [5.41, 5.74) is 1.26. The van der Waals surface area contributed by atoms with E-state index in [-0.39, 0.29) is 17.4 Å². The Balaban J connectivity index is 1.65. The lowest BCUT2D eigenvalue weighted by molar-refractivity contribution is -0.130. The molecule has 4 heteroatoms. The Morgan fingerprint density at radius 2 is 2.25 bits per heavy atom. The van der Waals surface area contributed by atoms with Gasteiger partial charge in [-0.25, -0.2) is 0 Å². The minimum absolute atomic E-state index is 0.0312. The van der Waals surface area contributed by atoms with E-state index in [1.54, 1.807) is 7.11 Å². The van der Waals surface area contributed by atoms with E-state index in [1.165, 1.54) is 5.56 Å². The Labute approximate surface area is 119 Å². The second-order valence-corrected chi connectivity index (χ2v) is 5.70. The number of ether oxygens (including phenoxy) is 2. The van der Waals surface area contributed by atoms with Gasteiger partial charge in [-0.2, -0.15) is 0 Å². The van der Waals surface area contributed by atoms with Gasteiger partial charge in [0, 0.05) is 24.1 Å². The van der Waals surface area contributed by atoms with E-state index >= 15 is 0 Å². The van der Waals surface area contributed by atoms with Gasteiger partial charge in [-0.05, 0) is 31.7 Å². The monoisotopic (exact) mass is 275 g/mol. The molecule has 2 aliphatic rings. The van der Waals surface area contributed by atoms with E-state index in [1.807, 2.05) is 18.2 Å². The smallest absolute Gasteiger partial charge is 0.249 e. The fourth-order valence-corrected chi connectivity index (χ4v) is 2.93. The Morgan fingerprint density at radius 3 is 2.90 bits per heavy atom. The molecule has 4 nitrogen and oxygen atoms in total. The van der Waals surface area contributed by atoms with Crippen LogP contribution < -0.4 is 10.1 Å². The van der Waals surface area contributed by atoms with Crippen molar-refractivity contribution in [2.75, 3.05) is 20.3 Å². The average molecular weight is 275 g/mol. The summed E-state index contributed by atoms with van der Waals surface area (Å²) >= 11 is 0. The van der Waals surface area contributed by atoms with Crippen LogP contribution in [0.2, 0.25) is 0 Å². The highest BCUT2D eigenvalue weighted by Gasteiger charge is 2.46. The number of hydrogen-bond acceptors (Lipinski definition) is 3. The zero-order valence-corrected chi connectivity index (χ0v) is 11.9. The molecular formula is C16H21NO3. The van der Waals surface area contributed by atoms with E-state index in [4.69, 9.17) is 9.47 Å². The van der Waals surface area contributed by atoms with Crippen molar-refractivity contribution in [3.05, 3.63) is 29.8 Å². The van der Waals surface area contributed by atoms with Gasteiger partial charge < -0.3 is 14.8 Å². The van der Waals surface area contributed by atoms with Gasteiger partial charge in [-0.3, -0.25) is 4.79 Å². The van der Waals surface area contributed by atoms with Crippen LogP contribution in [0.25, 0.3) is 0 Å². The van der Waals surface area contributed by atoms with E-state index in [0.29, 0.717) is 13.2 Å². The summed E-state index contributed by atoms with van der Waals surface area (Å²) in [5, 5.41) is 3.06. The number of methoxy groups -OCH3 is 1. The predicted octanol–water partition coefficient (Wildman–Crippen LogP) is 2.02. The van der Waals surface area contributed by atoms with Gasteiger partial charge in [0.2, 0.25) is 5.91 Å². The van der Waals surface area contributed by atoms with Crippen molar-refractivity contribution in [1.82, 2.24) is 5.32 Å². The third-order valence-corrected chi connectivity index (χ3v) is 4.36. The number of rotatable bonds is 5. The molecule has 1 atom stereocenters. The van der Waals surface area contributed by atoms with Gasteiger partial charge in [0.25, 0.3) is 0 Å². The maximum absolute atomic E-state index is 12.0. The molecule has 2 fully saturated rings. The molecule has 1 N–H and O–H groups in total. The Kier molecular flexibility index (Phi) is 3.66. The molecule has 1 amide bonds. The van der Waals surface area contributed by atoms with Crippen molar-refractivity contribution in [3.8, 4) is 5.75 Å². The lowest BCUT2D eigenvalue weighted by atomic mass is 9.94. The summed E-state index contributed by atoms with van der Waals surface area (Å²) in [4.78, 5) is 12.0. The van der Waals surface area contributed by atoms with Crippen LogP contribution in [0.3, 0.4) is 0 Å². The highest BCUT2D eigenvalue weighted by atomic mass is 16.5. The van der Waals surface area contributed by atoms with Crippen LogP contribution in [0.15, 0.2) is 24.3 Å². The first-order chi connectivity index (χ1) is 9.75. The summed E-state index contributed by atoms with van der Waals surface area (Å²) < 4.78 is 10.9. The molecule has 20 heavy (non-hydrogen) atoms. The number of benzene rings is 1. The standard InChI is InChI=1S/C16H21NO3/c1-19-13-6-3-2-5-12(13)16(8-9-16)11-17-15(18)14-7-4-10-20-14/h2-3,5-6,14H,4,7-11H2,1H3,(H,17,18). The number of para-hydroxylation sites is 1. The third-order valence-electron chi connectivity index (χ3n) is 4.36. The normalized spacial score (nSPS) is 23.4. The molecule has 0 spiro atoms. The van der Waals surface area contributed by atoms with Crippen molar-refractivity contribution < 1.29 is 14.3 Å². The van der Waals surface area contributed by atoms with Crippen LogP contribution in [-0.4, -0.2) is 32.3 Å². The minimum Gasteiger partial charge on any atom is -0.496 e. The maximum Gasteiger partial charge on any atom is 0.249 e. The zero-order chi connectivity index (χ0) is 14.0. The van der Waals surface area contributed by atoms with E-state index in [9.17, 15) is 4.79 Å². The average Bonchev–Trinajstić information content (AvgIpc) is 3.07. The third kappa shape index (κ3) is 2.52.